The second-order valence-electron chi connectivity index (χ2n) is 4.83. The van der Waals surface area contributed by atoms with Crippen molar-refractivity contribution in [3.63, 3.8) is 0 Å². The van der Waals surface area contributed by atoms with Crippen molar-refractivity contribution in [2.24, 2.45) is 10.7 Å². The van der Waals surface area contributed by atoms with Crippen LogP contribution in [-0.2, 0) is 0 Å². The summed E-state index contributed by atoms with van der Waals surface area (Å²) in [6, 6.07) is 18.4. The second-order valence-corrected chi connectivity index (χ2v) is 5.04. The molecule has 1 heterocycles. The molecule has 22 heavy (non-hydrogen) atoms. The lowest BCUT2D eigenvalue weighted by Gasteiger charge is -2.27. The third-order valence-corrected chi connectivity index (χ3v) is 3.73. The summed E-state index contributed by atoms with van der Waals surface area (Å²) in [5, 5.41) is 3.41. The number of benzene rings is 2. The van der Waals surface area contributed by atoms with Crippen LogP contribution in [0.15, 0.2) is 59.6 Å². The summed E-state index contributed by atoms with van der Waals surface area (Å²) in [7, 11) is 1.78. The Morgan fingerprint density at radius 3 is 2.23 bits per heavy atom. The lowest BCUT2D eigenvalue weighted by atomic mass is 10.0. The third kappa shape index (κ3) is 2.65. The molecule has 1 unspecified atom stereocenters. The Hall–Kier alpha value is -2.12. The molecule has 3 rings (SSSR count). The Balaban J connectivity index is 1.90. The molecule has 0 spiro atoms. The largest absolute Gasteiger partial charge is 0.295 e. The van der Waals surface area contributed by atoms with Crippen LogP contribution in [0.2, 0.25) is 0 Å². The highest BCUT2D eigenvalue weighted by molar-refractivity contribution is 7.78. The van der Waals surface area contributed by atoms with Gasteiger partial charge in [-0.25, -0.2) is 15.4 Å². The maximum Gasteiger partial charge on any atom is 0.187 e. The number of thiocarbonyl (C=S) groups is 1. The molecule has 2 aromatic carbocycles. The van der Waals surface area contributed by atoms with Gasteiger partial charge in [0, 0.05) is 12.6 Å². The molecule has 3 N–H and O–H groups in total. The number of rotatable bonds is 4. The summed E-state index contributed by atoms with van der Waals surface area (Å²) in [6.45, 7) is 0. The van der Waals surface area contributed by atoms with E-state index in [0.717, 1.165) is 17.0 Å². The molecule has 1 atom stereocenters. The smallest absolute Gasteiger partial charge is 0.187 e. The molecule has 0 bridgehead atoms. The van der Waals surface area contributed by atoms with Crippen LogP contribution in [0.3, 0.4) is 0 Å². The minimum atomic E-state index is -0.493. The van der Waals surface area contributed by atoms with E-state index in [-0.39, 0.29) is 0 Å². The molecular weight excluding hydrogens is 294 g/mol. The van der Waals surface area contributed by atoms with Crippen LogP contribution in [0.4, 0.5) is 0 Å². The van der Waals surface area contributed by atoms with Crippen LogP contribution >= 0.6 is 12.2 Å². The van der Waals surface area contributed by atoms with Gasteiger partial charge in [-0.1, -0.05) is 66.8 Å². The van der Waals surface area contributed by atoms with Crippen molar-refractivity contribution in [2.75, 3.05) is 7.05 Å². The molecule has 6 heteroatoms. The first-order valence-electron chi connectivity index (χ1n) is 6.95. The van der Waals surface area contributed by atoms with Crippen LogP contribution < -0.4 is 11.2 Å². The van der Waals surface area contributed by atoms with Crippen molar-refractivity contribution in [2.45, 2.75) is 6.29 Å². The first-order chi connectivity index (χ1) is 10.7. The topological polar surface area (TPSA) is 56.9 Å². The molecule has 112 valence electrons. The fourth-order valence-electron chi connectivity index (χ4n) is 2.46. The van der Waals surface area contributed by atoms with E-state index < -0.39 is 6.29 Å². The van der Waals surface area contributed by atoms with Gasteiger partial charge >= 0.3 is 0 Å². The summed E-state index contributed by atoms with van der Waals surface area (Å²) in [6.07, 6.45) is -0.493. The summed E-state index contributed by atoms with van der Waals surface area (Å²) < 4.78 is 0. The Morgan fingerprint density at radius 1 is 1.05 bits per heavy atom. The molecule has 5 nitrogen and oxygen atoms in total. The van der Waals surface area contributed by atoms with Crippen molar-refractivity contribution >= 4 is 23.5 Å². The van der Waals surface area contributed by atoms with Crippen molar-refractivity contribution < 1.29 is 0 Å². The normalized spacial score (nSPS) is 18.4. The van der Waals surface area contributed by atoms with Gasteiger partial charge in [0.25, 0.3) is 0 Å². The molecule has 0 aliphatic carbocycles. The summed E-state index contributed by atoms with van der Waals surface area (Å²) in [5.74, 6) is 0.733. The van der Waals surface area contributed by atoms with Gasteiger partial charge in [0.15, 0.2) is 12.1 Å². The maximum absolute atomic E-state index is 5.97. The Bertz CT molecular complexity index is 683. The highest BCUT2D eigenvalue weighted by Crippen LogP contribution is 2.21. The van der Waals surface area contributed by atoms with E-state index in [2.05, 4.69) is 34.7 Å². The van der Waals surface area contributed by atoms with Gasteiger partial charge in [-0.3, -0.25) is 5.73 Å². The molecular formula is C16H17N5S. The third-order valence-electron chi connectivity index (χ3n) is 3.53. The zero-order chi connectivity index (χ0) is 15.5. The maximum atomic E-state index is 5.97. The molecule has 0 radical (unpaired) electrons. The van der Waals surface area contributed by atoms with E-state index in [4.69, 9.17) is 18.0 Å². The minimum absolute atomic E-state index is 0.493. The first-order valence-corrected chi connectivity index (χ1v) is 7.42. The lowest BCUT2D eigenvalue weighted by molar-refractivity contribution is 0.0406. The van der Waals surface area contributed by atoms with Crippen molar-refractivity contribution in [1.82, 2.24) is 15.6 Å². The van der Waals surface area contributed by atoms with E-state index in [1.54, 1.807) is 17.2 Å². The first kappa shape index (κ1) is 14.8. The quantitative estimate of drug-likeness (QED) is 0.846. The van der Waals surface area contributed by atoms with Gasteiger partial charge in [-0.2, -0.15) is 0 Å². The average molecular weight is 311 g/mol. The number of hydrogen-bond donors (Lipinski definition) is 2. The number of hydrazine groups is 2. The van der Waals surface area contributed by atoms with E-state index in [1.165, 1.54) is 11.1 Å². The number of hydrogen-bond acceptors (Lipinski definition) is 5. The van der Waals surface area contributed by atoms with Crippen molar-refractivity contribution in [3.05, 3.63) is 60.2 Å². The molecule has 0 saturated heterocycles. The van der Waals surface area contributed by atoms with Crippen LogP contribution in [0.1, 0.15) is 5.56 Å². The highest BCUT2D eigenvalue weighted by atomic mass is 32.1. The standard InChI is InChI=1S/C16H17N5S/c1-18-21-16(17)19-15(20(21)11-22)14-9-7-13(8-10-14)12-5-3-2-4-6-12/h2-11,16,18H,17H2,1H3. The van der Waals surface area contributed by atoms with Gasteiger partial charge in [-0.05, 0) is 11.1 Å². The lowest BCUT2D eigenvalue weighted by Crippen LogP contribution is -2.53. The van der Waals surface area contributed by atoms with Gasteiger partial charge in [0.2, 0.25) is 0 Å². The number of nitrogens with one attached hydrogen (secondary N) is 1. The second kappa shape index (κ2) is 6.33. The van der Waals surface area contributed by atoms with Crippen molar-refractivity contribution in [3.8, 4) is 11.1 Å². The number of nitrogens with zero attached hydrogens (tertiary/aromatic N) is 3. The summed E-state index contributed by atoms with van der Waals surface area (Å²) in [5.41, 5.74) is 13.8. The molecule has 1 aliphatic heterocycles. The number of nitrogens with two attached hydrogens (primary N) is 1. The van der Waals surface area contributed by atoms with Crippen molar-refractivity contribution in [1.29, 1.82) is 0 Å². The molecule has 0 aromatic heterocycles. The monoisotopic (exact) mass is 311 g/mol. The summed E-state index contributed by atoms with van der Waals surface area (Å²) >= 11 is 5.07. The molecule has 0 amide bonds. The van der Waals surface area contributed by atoms with Crippen LogP contribution in [-0.4, -0.2) is 34.8 Å². The van der Waals surface area contributed by atoms with Crippen LogP contribution in [0.5, 0.6) is 0 Å². The Kier molecular flexibility index (Phi) is 4.26. The van der Waals surface area contributed by atoms with E-state index >= 15 is 0 Å². The predicted octanol–water partition coefficient (Wildman–Crippen LogP) is 1.97. The SMILES string of the molecule is CNN1C(N)N=C(c2ccc(-c3ccccc3)cc2)N1C=S. The van der Waals surface area contributed by atoms with Crippen LogP contribution in [0.25, 0.3) is 11.1 Å². The fourth-order valence-corrected chi connectivity index (χ4v) is 2.66. The van der Waals surface area contributed by atoms with Gasteiger partial charge in [-0.15, -0.1) is 5.12 Å². The molecule has 0 fully saturated rings. The fraction of sp³-hybridized carbons (Fsp3) is 0.125. The Morgan fingerprint density at radius 2 is 1.64 bits per heavy atom. The molecule has 1 aliphatic rings. The number of amidine groups is 1. The predicted molar refractivity (Wildman–Crippen MR) is 92.8 cm³/mol. The van der Waals surface area contributed by atoms with E-state index in [9.17, 15) is 0 Å². The Labute approximate surface area is 135 Å². The van der Waals surface area contributed by atoms with Gasteiger partial charge in [0.1, 0.15) is 0 Å². The average Bonchev–Trinajstić information content (AvgIpc) is 2.91. The van der Waals surface area contributed by atoms with E-state index in [1.807, 2.05) is 30.3 Å². The minimum Gasteiger partial charge on any atom is -0.295 e. The molecule has 2 aromatic rings. The van der Waals surface area contributed by atoms with Gasteiger partial charge in [0.05, 0.1) is 5.49 Å². The highest BCUT2D eigenvalue weighted by Gasteiger charge is 2.30. The number of aliphatic imine (C=N–C) groups is 1. The van der Waals surface area contributed by atoms with Gasteiger partial charge < -0.3 is 0 Å². The zero-order valence-electron chi connectivity index (χ0n) is 12.2. The zero-order valence-corrected chi connectivity index (χ0v) is 13.0. The van der Waals surface area contributed by atoms with E-state index in [0.29, 0.717) is 0 Å². The molecule has 0 saturated carbocycles. The van der Waals surface area contributed by atoms with Crippen LogP contribution in [0, 0.1) is 0 Å². The summed E-state index contributed by atoms with van der Waals surface area (Å²) in [4.78, 5) is 4.45.